The van der Waals surface area contributed by atoms with Gasteiger partial charge in [-0.25, -0.2) is 9.67 Å². The first-order valence-corrected chi connectivity index (χ1v) is 10.5. The zero-order valence-electron chi connectivity index (χ0n) is 17.0. The molecule has 2 amide bonds. The smallest absolute Gasteiger partial charge is 0.247 e. The number of carbonyl (C=O) groups is 2. The third-order valence-electron chi connectivity index (χ3n) is 6.47. The van der Waals surface area contributed by atoms with E-state index in [0.717, 1.165) is 38.8 Å². The van der Waals surface area contributed by atoms with Crippen LogP contribution in [0.15, 0.2) is 43.0 Å². The highest BCUT2D eigenvalue weighted by Gasteiger charge is 2.45. The summed E-state index contributed by atoms with van der Waals surface area (Å²) in [5, 5.41) is 4.08. The highest BCUT2D eigenvalue weighted by Crippen LogP contribution is 2.41. The quantitative estimate of drug-likeness (QED) is 0.753. The largest absolute Gasteiger partial charge is 0.342 e. The Hall–Kier alpha value is -2.70. The topological polar surface area (TPSA) is 71.3 Å². The van der Waals surface area contributed by atoms with E-state index in [1.54, 1.807) is 11.0 Å². The zero-order chi connectivity index (χ0) is 20.3. The van der Waals surface area contributed by atoms with Crippen molar-refractivity contribution in [2.24, 2.45) is 5.41 Å². The van der Waals surface area contributed by atoms with Crippen LogP contribution in [0.3, 0.4) is 0 Å². The summed E-state index contributed by atoms with van der Waals surface area (Å²) < 4.78 is 1.60. The van der Waals surface area contributed by atoms with Crippen molar-refractivity contribution in [1.82, 2.24) is 24.6 Å². The van der Waals surface area contributed by atoms with Crippen molar-refractivity contribution in [2.75, 3.05) is 26.2 Å². The summed E-state index contributed by atoms with van der Waals surface area (Å²) in [5.41, 5.74) is 1.36. The number of rotatable bonds is 6. The second-order valence-electron chi connectivity index (χ2n) is 8.46. The van der Waals surface area contributed by atoms with E-state index in [9.17, 15) is 9.59 Å². The van der Waals surface area contributed by atoms with Gasteiger partial charge in [0.25, 0.3) is 0 Å². The number of piperidine rings is 1. The Labute approximate surface area is 171 Å². The molecular formula is C22H29N5O2. The SMILES string of the molecule is CC(C(=O)N1CCC2(CC1)CC(=O)N(CCCc1ccccc1)C2)n1cncn1. The predicted octanol–water partition coefficient (Wildman–Crippen LogP) is 2.31. The van der Waals surface area contributed by atoms with Crippen LogP contribution >= 0.6 is 0 Å². The molecule has 0 radical (unpaired) electrons. The molecule has 7 nitrogen and oxygen atoms in total. The molecule has 2 aliphatic heterocycles. The fourth-order valence-electron chi connectivity index (χ4n) is 4.64. The first-order chi connectivity index (χ1) is 14.1. The summed E-state index contributed by atoms with van der Waals surface area (Å²) in [4.78, 5) is 33.2. The van der Waals surface area contributed by atoms with Crippen LogP contribution in [0.25, 0.3) is 0 Å². The van der Waals surface area contributed by atoms with E-state index in [0.29, 0.717) is 19.5 Å². The Morgan fingerprint density at radius 2 is 1.97 bits per heavy atom. The lowest BCUT2D eigenvalue weighted by Crippen LogP contribution is -2.46. The Morgan fingerprint density at radius 3 is 2.66 bits per heavy atom. The van der Waals surface area contributed by atoms with Crippen LogP contribution in [-0.4, -0.2) is 62.6 Å². The van der Waals surface area contributed by atoms with Gasteiger partial charge < -0.3 is 9.80 Å². The maximum atomic E-state index is 12.8. The summed E-state index contributed by atoms with van der Waals surface area (Å²) in [7, 11) is 0. The molecule has 4 rings (SSSR count). The van der Waals surface area contributed by atoms with E-state index in [1.807, 2.05) is 22.8 Å². The molecule has 1 spiro atoms. The van der Waals surface area contributed by atoms with Gasteiger partial charge in [-0.15, -0.1) is 0 Å². The number of aryl methyl sites for hydroxylation is 1. The number of carbonyl (C=O) groups excluding carboxylic acids is 2. The van der Waals surface area contributed by atoms with Gasteiger partial charge in [0.2, 0.25) is 11.8 Å². The van der Waals surface area contributed by atoms with Gasteiger partial charge in [0.05, 0.1) is 0 Å². The summed E-state index contributed by atoms with van der Waals surface area (Å²) in [6, 6.07) is 10.1. The van der Waals surface area contributed by atoms with Crippen LogP contribution in [0.4, 0.5) is 0 Å². The lowest BCUT2D eigenvalue weighted by molar-refractivity contribution is -0.136. The summed E-state index contributed by atoms with van der Waals surface area (Å²) in [6.45, 7) is 4.93. The maximum absolute atomic E-state index is 12.8. The number of benzene rings is 1. The zero-order valence-corrected chi connectivity index (χ0v) is 17.0. The van der Waals surface area contributed by atoms with E-state index < -0.39 is 0 Å². The number of amides is 2. The van der Waals surface area contributed by atoms with E-state index in [4.69, 9.17) is 0 Å². The van der Waals surface area contributed by atoms with Crippen molar-refractivity contribution < 1.29 is 9.59 Å². The van der Waals surface area contributed by atoms with Crippen molar-refractivity contribution in [3.05, 3.63) is 48.5 Å². The minimum absolute atomic E-state index is 0.0388. The molecule has 2 aromatic rings. The van der Waals surface area contributed by atoms with Crippen molar-refractivity contribution in [1.29, 1.82) is 0 Å². The lowest BCUT2D eigenvalue weighted by atomic mass is 9.77. The second-order valence-corrected chi connectivity index (χ2v) is 8.46. The van der Waals surface area contributed by atoms with Gasteiger partial charge in [-0.1, -0.05) is 30.3 Å². The van der Waals surface area contributed by atoms with Gasteiger partial charge >= 0.3 is 0 Å². The van der Waals surface area contributed by atoms with Crippen LogP contribution in [0.1, 0.15) is 44.2 Å². The summed E-state index contributed by atoms with van der Waals surface area (Å²) in [5.74, 6) is 0.350. The van der Waals surface area contributed by atoms with Crippen LogP contribution in [-0.2, 0) is 16.0 Å². The summed E-state index contributed by atoms with van der Waals surface area (Å²) >= 11 is 0. The molecule has 2 saturated heterocycles. The average molecular weight is 396 g/mol. The molecule has 154 valence electrons. The number of nitrogens with zero attached hydrogens (tertiary/aromatic N) is 5. The standard InChI is InChI=1S/C22H29N5O2/c1-18(27-17-23-16-24-27)21(29)25-12-9-22(10-13-25)14-20(28)26(15-22)11-5-8-19-6-3-2-4-7-19/h2-4,6-7,16-18H,5,8-15H2,1H3. The first kappa shape index (κ1) is 19.6. The third kappa shape index (κ3) is 4.33. The molecular weight excluding hydrogens is 366 g/mol. The van der Waals surface area contributed by atoms with Crippen LogP contribution < -0.4 is 0 Å². The van der Waals surface area contributed by atoms with Crippen molar-refractivity contribution >= 4 is 11.8 Å². The molecule has 2 fully saturated rings. The molecule has 2 aliphatic rings. The van der Waals surface area contributed by atoms with Crippen molar-refractivity contribution in [2.45, 2.75) is 45.1 Å². The molecule has 1 aromatic heterocycles. The van der Waals surface area contributed by atoms with Crippen LogP contribution in [0, 0.1) is 5.41 Å². The minimum atomic E-state index is -0.341. The average Bonchev–Trinajstić information content (AvgIpc) is 3.37. The Morgan fingerprint density at radius 1 is 1.21 bits per heavy atom. The summed E-state index contributed by atoms with van der Waals surface area (Å²) in [6.07, 6.45) is 7.43. The van der Waals surface area contributed by atoms with Gasteiger partial charge in [0.15, 0.2) is 0 Å². The van der Waals surface area contributed by atoms with Crippen LogP contribution in [0.2, 0.25) is 0 Å². The molecule has 0 aliphatic carbocycles. The Bertz CT molecular complexity index is 828. The molecule has 29 heavy (non-hydrogen) atoms. The van der Waals surface area contributed by atoms with Gasteiger partial charge in [-0.05, 0) is 38.2 Å². The highest BCUT2D eigenvalue weighted by molar-refractivity contribution is 5.81. The fourth-order valence-corrected chi connectivity index (χ4v) is 4.64. The third-order valence-corrected chi connectivity index (χ3v) is 6.47. The molecule has 1 aromatic carbocycles. The molecule has 3 heterocycles. The Balaban J connectivity index is 1.27. The van der Waals surface area contributed by atoms with Crippen molar-refractivity contribution in [3.8, 4) is 0 Å². The number of hydrogen-bond acceptors (Lipinski definition) is 4. The van der Waals surface area contributed by atoms with Crippen molar-refractivity contribution in [3.63, 3.8) is 0 Å². The number of likely N-dealkylation sites (tertiary alicyclic amines) is 2. The highest BCUT2D eigenvalue weighted by atomic mass is 16.2. The minimum Gasteiger partial charge on any atom is -0.342 e. The maximum Gasteiger partial charge on any atom is 0.247 e. The lowest BCUT2D eigenvalue weighted by Gasteiger charge is -2.39. The molecule has 0 N–H and O–H groups in total. The van der Waals surface area contributed by atoms with Gasteiger partial charge in [-0.2, -0.15) is 5.10 Å². The van der Waals surface area contributed by atoms with Gasteiger partial charge in [0.1, 0.15) is 18.7 Å². The monoisotopic (exact) mass is 395 g/mol. The second kappa shape index (κ2) is 8.35. The number of hydrogen-bond donors (Lipinski definition) is 0. The van der Waals surface area contributed by atoms with E-state index in [-0.39, 0.29) is 23.3 Å². The molecule has 7 heteroatoms. The molecule has 1 unspecified atom stereocenters. The number of aromatic nitrogens is 3. The predicted molar refractivity (Wildman–Crippen MR) is 109 cm³/mol. The molecule has 1 atom stereocenters. The fraction of sp³-hybridized carbons (Fsp3) is 0.545. The van der Waals surface area contributed by atoms with E-state index in [2.05, 4.69) is 34.3 Å². The molecule has 0 saturated carbocycles. The first-order valence-electron chi connectivity index (χ1n) is 10.5. The van der Waals surface area contributed by atoms with Gasteiger partial charge in [0, 0.05) is 38.0 Å². The van der Waals surface area contributed by atoms with Gasteiger partial charge in [-0.3, -0.25) is 9.59 Å². The van der Waals surface area contributed by atoms with E-state index >= 15 is 0 Å². The normalized spacial score (nSPS) is 19.7. The van der Waals surface area contributed by atoms with Crippen LogP contribution in [0.5, 0.6) is 0 Å². The molecule has 0 bridgehead atoms. The van der Waals surface area contributed by atoms with E-state index in [1.165, 1.54) is 11.9 Å². The Kier molecular flexibility index (Phi) is 5.65.